The Morgan fingerprint density at radius 3 is 2.39 bits per heavy atom. The van der Waals surface area contributed by atoms with Crippen LogP contribution in [0.15, 0.2) is 42.7 Å². The van der Waals surface area contributed by atoms with Crippen molar-refractivity contribution in [1.29, 1.82) is 0 Å². The zero-order valence-corrected chi connectivity index (χ0v) is 16.7. The molecule has 0 spiro atoms. The van der Waals surface area contributed by atoms with Crippen LogP contribution in [0.5, 0.6) is 0 Å². The molecule has 2 bridgehead atoms. The van der Waals surface area contributed by atoms with Crippen LogP contribution in [-0.2, 0) is 17.8 Å². The van der Waals surface area contributed by atoms with E-state index in [0.29, 0.717) is 6.04 Å². The summed E-state index contributed by atoms with van der Waals surface area (Å²) in [7, 11) is 0. The molecule has 4 saturated heterocycles. The minimum atomic E-state index is 0.713. The van der Waals surface area contributed by atoms with Gasteiger partial charge in [0.1, 0.15) is 0 Å². The van der Waals surface area contributed by atoms with Gasteiger partial charge in [-0.1, -0.05) is 24.3 Å². The Bertz CT molecular complexity index is 738. The number of benzene rings is 1. The summed E-state index contributed by atoms with van der Waals surface area (Å²) in [5, 5.41) is 4.31. The molecule has 6 rings (SSSR count). The zero-order valence-electron chi connectivity index (χ0n) is 16.7. The van der Waals surface area contributed by atoms with Gasteiger partial charge in [-0.3, -0.25) is 14.5 Å². The SMILES string of the molecule is c1cnn(Cc2ccc(CN3C[C@H]4CC[C@@H]3CN(C3CCOCC3)C4)cc2)c1. The normalized spacial score (nSPS) is 27.1. The molecule has 4 aliphatic heterocycles. The van der Waals surface area contributed by atoms with Gasteiger partial charge in [-0.2, -0.15) is 5.10 Å². The second-order valence-electron chi connectivity index (χ2n) is 8.84. The predicted molar refractivity (Wildman–Crippen MR) is 110 cm³/mol. The van der Waals surface area contributed by atoms with Gasteiger partial charge in [-0.15, -0.1) is 0 Å². The standard InChI is InChI=1S/C23H32N4O/c1-10-24-27(11-1)17-20-4-2-19(3-5-20)14-25-15-21-6-7-23(25)18-26(16-21)22-8-12-28-13-9-22/h1-5,10-11,21-23H,6-9,12-18H2/t21-,23-/m1/s1. The lowest BCUT2D eigenvalue weighted by Gasteiger charge is -2.37. The van der Waals surface area contributed by atoms with Crippen molar-refractivity contribution in [3.63, 3.8) is 0 Å². The molecule has 1 aromatic heterocycles. The van der Waals surface area contributed by atoms with Crippen LogP contribution < -0.4 is 0 Å². The highest BCUT2D eigenvalue weighted by Gasteiger charge is 2.37. The number of ether oxygens (including phenoxy) is 1. The molecule has 0 N–H and O–H groups in total. The summed E-state index contributed by atoms with van der Waals surface area (Å²) in [6, 6.07) is 12.6. The second kappa shape index (κ2) is 8.36. The van der Waals surface area contributed by atoms with Crippen LogP contribution in [0, 0.1) is 5.92 Å². The summed E-state index contributed by atoms with van der Waals surface area (Å²) < 4.78 is 7.57. The molecular weight excluding hydrogens is 348 g/mol. The summed E-state index contributed by atoms with van der Waals surface area (Å²) in [6.45, 7) is 7.64. The predicted octanol–water partition coefficient (Wildman–Crippen LogP) is 3.01. The van der Waals surface area contributed by atoms with Crippen LogP contribution in [-0.4, -0.2) is 64.5 Å². The fourth-order valence-corrected chi connectivity index (χ4v) is 5.32. The van der Waals surface area contributed by atoms with E-state index in [1.165, 1.54) is 56.4 Å². The van der Waals surface area contributed by atoms with Gasteiger partial charge in [0, 0.05) is 63.9 Å². The molecule has 0 amide bonds. The van der Waals surface area contributed by atoms with Crippen LogP contribution in [0.4, 0.5) is 0 Å². The monoisotopic (exact) mass is 380 g/mol. The third-order valence-electron chi connectivity index (χ3n) is 6.87. The summed E-state index contributed by atoms with van der Waals surface area (Å²) in [6.07, 6.45) is 9.07. The van der Waals surface area contributed by atoms with Gasteiger partial charge in [0.25, 0.3) is 0 Å². The van der Waals surface area contributed by atoms with Gasteiger partial charge in [0.2, 0.25) is 0 Å². The Balaban J connectivity index is 1.22. The molecule has 2 atom stereocenters. The van der Waals surface area contributed by atoms with Gasteiger partial charge < -0.3 is 4.74 Å². The molecule has 0 saturated carbocycles. The Labute approximate surface area is 168 Å². The molecule has 150 valence electrons. The quantitative estimate of drug-likeness (QED) is 0.798. The molecule has 5 heteroatoms. The maximum absolute atomic E-state index is 5.59. The number of fused-ring (bicyclic) bond motifs is 4. The van der Waals surface area contributed by atoms with E-state index in [9.17, 15) is 0 Å². The third-order valence-corrected chi connectivity index (χ3v) is 6.87. The lowest BCUT2D eigenvalue weighted by molar-refractivity contribution is 0.0307. The average molecular weight is 381 g/mol. The molecule has 0 unspecified atom stereocenters. The Hall–Kier alpha value is -1.69. The number of nitrogens with zero attached hydrogens (tertiary/aromatic N) is 4. The highest BCUT2D eigenvalue weighted by Crippen LogP contribution is 2.31. The smallest absolute Gasteiger partial charge is 0.0659 e. The summed E-state index contributed by atoms with van der Waals surface area (Å²) in [4.78, 5) is 5.56. The number of hydrogen-bond acceptors (Lipinski definition) is 4. The van der Waals surface area contributed by atoms with E-state index in [1.54, 1.807) is 0 Å². The van der Waals surface area contributed by atoms with Gasteiger partial charge in [-0.25, -0.2) is 0 Å². The second-order valence-corrected chi connectivity index (χ2v) is 8.84. The Kier molecular flexibility index (Phi) is 5.47. The van der Waals surface area contributed by atoms with Crippen LogP contribution in [0.25, 0.3) is 0 Å². The van der Waals surface area contributed by atoms with Crippen molar-refractivity contribution in [1.82, 2.24) is 19.6 Å². The number of piperidine rings is 1. The van der Waals surface area contributed by atoms with Gasteiger partial charge in [0.15, 0.2) is 0 Å². The van der Waals surface area contributed by atoms with Crippen molar-refractivity contribution < 1.29 is 4.74 Å². The minimum Gasteiger partial charge on any atom is -0.381 e. The maximum atomic E-state index is 5.59. The molecular formula is C23H32N4O. The first-order valence-corrected chi connectivity index (χ1v) is 10.9. The highest BCUT2D eigenvalue weighted by atomic mass is 16.5. The van der Waals surface area contributed by atoms with Crippen molar-refractivity contribution in [3.8, 4) is 0 Å². The largest absolute Gasteiger partial charge is 0.381 e. The molecule has 28 heavy (non-hydrogen) atoms. The van der Waals surface area contributed by atoms with E-state index < -0.39 is 0 Å². The third kappa shape index (κ3) is 4.17. The fourth-order valence-electron chi connectivity index (χ4n) is 5.32. The van der Waals surface area contributed by atoms with Crippen molar-refractivity contribution in [3.05, 3.63) is 53.9 Å². The summed E-state index contributed by atoms with van der Waals surface area (Å²) >= 11 is 0. The first-order valence-electron chi connectivity index (χ1n) is 10.9. The van der Waals surface area contributed by atoms with E-state index in [2.05, 4.69) is 39.2 Å². The Morgan fingerprint density at radius 2 is 1.64 bits per heavy atom. The van der Waals surface area contributed by atoms with Gasteiger partial charge in [0.05, 0.1) is 6.54 Å². The molecule has 5 nitrogen and oxygen atoms in total. The maximum Gasteiger partial charge on any atom is 0.0659 e. The number of aromatic nitrogens is 2. The fraction of sp³-hybridized carbons (Fsp3) is 0.609. The van der Waals surface area contributed by atoms with E-state index in [-0.39, 0.29) is 0 Å². The lowest BCUT2D eigenvalue weighted by Crippen LogP contribution is -2.45. The molecule has 0 aliphatic carbocycles. The van der Waals surface area contributed by atoms with Crippen molar-refractivity contribution in [2.24, 2.45) is 5.92 Å². The molecule has 0 radical (unpaired) electrons. The first kappa shape index (κ1) is 18.3. The van der Waals surface area contributed by atoms with Crippen molar-refractivity contribution in [2.75, 3.05) is 32.8 Å². The highest BCUT2D eigenvalue weighted by molar-refractivity contribution is 5.23. The van der Waals surface area contributed by atoms with Gasteiger partial charge >= 0.3 is 0 Å². The molecule has 1 aromatic carbocycles. The zero-order chi connectivity index (χ0) is 18.8. The molecule has 4 aliphatic rings. The average Bonchev–Trinajstić information content (AvgIpc) is 3.08. The summed E-state index contributed by atoms with van der Waals surface area (Å²) in [5.74, 6) is 0.834. The van der Waals surface area contributed by atoms with E-state index >= 15 is 0 Å². The number of hydrogen-bond donors (Lipinski definition) is 0. The summed E-state index contributed by atoms with van der Waals surface area (Å²) in [5.41, 5.74) is 2.75. The minimum absolute atomic E-state index is 0.713. The number of rotatable bonds is 5. The van der Waals surface area contributed by atoms with Crippen LogP contribution >= 0.6 is 0 Å². The first-order chi connectivity index (χ1) is 13.8. The van der Waals surface area contributed by atoms with Crippen molar-refractivity contribution >= 4 is 0 Å². The van der Waals surface area contributed by atoms with Crippen LogP contribution in [0.3, 0.4) is 0 Å². The molecule has 4 fully saturated rings. The van der Waals surface area contributed by atoms with Crippen molar-refractivity contribution in [2.45, 2.75) is 50.9 Å². The molecule has 5 heterocycles. The Morgan fingerprint density at radius 1 is 0.857 bits per heavy atom. The lowest BCUT2D eigenvalue weighted by atomic mass is 9.94. The van der Waals surface area contributed by atoms with E-state index in [4.69, 9.17) is 4.74 Å². The molecule has 2 aromatic rings. The van der Waals surface area contributed by atoms with Crippen LogP contribution in [0.2, 0.25) is 0 Å². The van der Waals surface area contributed by atoms with Gasteiger partial charge in [-0.05, 0) is 48.8 Å². The van der Waals surface area contributed by atoms with E-state index in [0.717, 1.165) is 38.3 Å². The topological polar surface area (TPSA) is 33.5 Å². The van der Waals surface area contributed by atoms with E-state index in [1.807, 2.05) is 23.1 Å². The van der Waals surface area contributed by atoms with Crippen LogP contribution in [0.1, 0.15) is 36.8 Å².